The monoisotopic (exact) mass is 125 g/mol. The highest BCUT2D eigenvalue weighted by Crippen LogP contribution is 2.12. The average Bonchev–Trinajstić information content (AvgIpc) is 1.61. The SMILES string of the molecule is [CH2]CCSC(F)F. The Kier molecular flexibility index (Phi) is 4.50. The first-order chi connectivity index (χ1) is 3.27. The minimum atomic E-state index is -2.22. The molecule has 0 aromatic carbocycles. The first-order valence-corrected chi connectivity index (χ1v) is 3.01. The first-order valence-electron chi connectivity index (χ1n) is 1.96. The second-order valence-electron chi connectivity index (χ2n) is 0.985. The van der Waals surface area contributed by atoms with Gasteiger partial charge in [0.25, 0.3) is 5.76 Å². The summed E-state index contributed by atoms with van der Waals surface area (Å²) >= 11 is 0.635. The molecule has 0 N–H and O–H groups in total. The zero-order valence-corrected chi connectivity index (χ0v) is 4.68. The average molecular weight is 125 g/mol. The maximum absolute atomic E-state index is 11.2. The molecular formula is C4H7F2S. The Morgan fingerprint density at radius 1 is 1.57 bits per heavy atom. The van der Waals surface area contributed by atoms with Gasteiger partial charge in [0.15, 0.2) is 0 Å². The smallest absolute Gasteiger partial charge is 0.198 e. The highest BCUT2D eigenvalue weighted by atomic mass is 32.2. The molecule has 0 nitrogen and oxygen atoms in total. The van der Waals surface area contributed by atoms with Gasteiger partial charge in [0.1, 0.15) is 0 Å². The fourth-order valence-electron chi connectivity index (χ4n) is 0.172. The van der Waals surface area contributed by atoms with Gasteiger partial charge in [0, 0.05) is 0 Å². The van der Waals surface area contributed by atoms with Crippen molar-refractivity contribution in [2.24, 2.45) is 0 Å². The molecule has 3 heteroatoms. The number of halogens is 2. The number of alkyl halides is 2. The highest BCUT2D eigenvalue weighted by Gasteiger charge is 1.98. The van der Waals surface area contributed by atoms with Gasteiger partial charge in [-0.1, -0.05) is 18.7 Å². The molecule has 0 aromatic rings. The Morgan fingerprint density at radius 3 is 2.29 bits per heavy atom. The van der Waals surface area contributed by atoms with Gasteiger partial charge in [-0.2, -0.15) is 8.78 Å². The molecule has 0 aliphatic carbocycles. The summed E-state index contributed by atoms with van der Waals surface area (Å²) in [7, 11) is 0. The van der Waals surface area contributed by atoms with Crippen LogP contribution in [0.4, 0.5) is 8.78 Å². The Balaban J connectivity index is 2.68. The van der Waals surface area contributed by atoms with Crippen LogP contribution in [0.5, 0.6) is 0 Å². The normalized spacial score (nSPS) is 10.3. The van der Waals surface area contributed by atoms with Gasteiger partial charge in [0.05, 0.1) is 0 Å². The van der Waals surface area contributed by atoms with Crippen LogP contribution < -0.4 is 0 Å². The van der Waals surface area contributed by atoms with Crippen LogP contribution in [0.3, 0.4) is 0 Å². The largest absolute Gasteiger partial charge is 0.284 e. The summed E-state index contributed by atoms with van der Waals surface area (Å²) in [5.41, 5.74) is 0. The Labute approximate surface area is 46.3 Å². The quantitative estimate of drug-likeness (QED) is 0.557. The van der Waals surface area contributed by atoms with E-state index in [1.165, 1.54) is 0 Å². The Morgan fingerprint density at radius 2 is 2.14 bits per heavy atom. The van der Waals surface area contributed by atoms with Crippen LogP contribution in [0.25, 0.3) is 0 Å². The van der Waals surface area contributed by atoms with E-state index >= 15 is 0 Å². The molecule has 0 spiro atoms. The van der Waals surface area contributed by atoms with Crippen LogP contribution >= 0.6 is 11.8 Å². The molecule has 0 aliphatic heterocycles. The Bertz CT molecular complexity index is 38.7. The van der Waals surface area contributed by atoms with E-state index in [2.05, 4.69) is 6.92 Å². The fraction of sp³-hybridized carbons (Fsp3) is 0.750. The minimum absolute atomic E-state index is 0.456. The molecule has 0 saturated heterocycles. The van der Waals surface area contributed by atoms with Crippen LogP contribution in [-0.4, -0.2) is 11.5 Å². The van der Waals surface area contributed by atoms with Crippen molar-refractivity contribution in [3.63, 3.8) is 0 Å². The molecule has 0 fully saturated rings. The van der Waals surface area contributed by atoms with Crippen LogP contribution in [0.15, 0.2) is 0 Å². The minimum Gasteiger partial charge on any atom is -0.198 e. The summed E-state index contributed by atoms with van der Waals surface area (Å²) in [6, 6.07) is 0. The van der Waals surface area contributed by atoms with Gasteiger partial charge in [0.2, 0.25) is 0 Å². The van der Waals surface area contributed by atoms with E-state index in [4.69, 9.17) is 0 Å². The maximum Gasteiger partial charge on any atom is 0.284 e. The third-order valence-corrected chi connectivity index (χ3v) is 1.16. The molecule has 0 rings (SSSR count). The lowest BCUT2D eigenvalue weighted by atomic mass is 10.6. The van der Waals surface area contributed by atoms with Crippen molar-refractivity contribution in [2.75, 3.05) is 5.75 Å². The molecule has 0 amide bonds. The molecule has 0 unspecified atom stereocenters. The molecule has 1 radical (unpaired) electrons. The second kappa shape index (κ2) is 4.37. The molecular weight excluding hydrogens is 118 g/mol. The summed E-state index contributed by atoms with van der Waals surface area (Å²) in [6.07, 6.45) is 0.578. The molecule has 0 saturated carbocycles. The van der Waals surface area contributed by atoms with E-state index in [1.54, 1.807) is 0 Å². The molecule has 7 heavy (non-hydrogen) atoms. The number of thioether (sulfide) groups is 1. The van der Waals surface area contributed by atoms with Crippen molar-refractivity contribution in [1.29, 1.82) is 0 Å². The van der Waals surface area contributed by atoms with E-state index in [-0.39, 0.29) is 0 Å². The highest BCUT2D eigenvalue weighted by molar-refractivity contribution is 7.99. The third kappa shape index (κ3) is 6.21. The summed E-state index contributed by atoms with van der Waals surface area (Å²) in [4.78, 5) is 0. The maximum atomic E-state index is 11.2. The molecule has 0 aromatic heterocycles. The van der Waals surface area contributed by atoms with E-state index < -0.39 is 5.76 Å². The van der Waals surface area contributed by atoms with Crippen LogP contribution in [0, 0.1) is 6.92 Å². The number of hydrogen-bond acceptors (Lipinski definition) is 1. The number of rotatable bonds is 3. The van der Waals surface area contributed by atoms with Gasteiger partial charge in [-0.15, -0.1) is 0 Å². The predicted molar refractivity (Wildman–Crippen MR) is 28.4 cm³/mol. The van der Waals surface area contributed by atoms with Crippen LogP contribution in [0.1, 0.15) is 6.42 Å². The topological polar surface area (TPSA) is 0 Å². The zero-order valence-electron chi connectivity index (χ0n) is 3.86. The van der Waals surface area contributed by atoms with Crippen molar-refractivity contribution in [2.45, 2.75) is 12.2 Å². The van der Waals surface area contributed by atoms with Gasteiger partial charge in [-0.05, 0) is 12.2 Å². The van der Waals surface area contributed by atoms with Crippen LogP contribution in [0.2, 0.25) is 0 Å². The predicted octanol–water partition coefficient (Wildman–Crippen LogP) is 2.17. The van der Waals surface area contributed by atoms with Gasteiger partial charge in [-0.25, -0.2) is 0 Å². The van der Waals surface area contributed by atoms with Crippen molar-refractivity contribution in [3.05, 3.63) is 6.92 Å². The molecule has 0 aliphatic rings. The van der Waals surface area contributed by atoms with E-state index in [0.29, 0.717) is 23.9 Å². The lowest BCUT2D eigenvalue weighted by Crippen LogP contribution is -1.82. The molecule has 43 valence electrons. The fourth-order valence-corrected chi connectivity index (χ4v) is 0.517. The standard InChI is InChI=1S/C4H7F2S/c1-2-3-7-4(5)6/h4H,1-3H2. The van der Waals surface area contributed by atoms with Crippen LogP contribution in [-0.2, 0) is 0 Å². The van der Waals surface area contributed by atoms with Gasteiger partial charge >= 0.3 is 0 Å². The van der Waals surface area contributed by atoms with Crippen molar-refractivity contribution in [3.8, 4) is 0 Å². The van der Waals surface area contributed by atoms with Crippen molar-refractivity contribution >= 4 is 11.8 Å². The summed E-state index contributed by atoms with van der Waals surface area (Å²) in [5.74, 6) is -1.76. The second-order valence-corrected chi connectivity index (χ2v) is 2.08. The lowest BCUT2D eigenvalue weighted by molar-refractivity contribution is 0.252. The summed E-state index contributed by atoms with van der Waals surface area (Å²) in [5, 5.41) is 0. The van der Waals surface area contributed by atoms with Crippen molar-refractivity contribution in [1.82, 2.24) is 0 Å². The van der Waals surface area contributed by atoms with Gasteiger partial charge in [-0.3, -0.25) is 0 Å². The van der Waals surface area contributed by atoms with E-state index in [1.807, 2.05) is 0 Å². The third-order valence-electron chi connectivity index (χ3n) is 0.388. The van der Waals surface area contributed by atoms with E-state index in [9.17, 15) is 8.78 Å². The van der Waals surface area contributed by atoms with E-state index in [0.717, 1.165) is 0 Å². The Hall–Kier alpha value is 0.210. The van der Waals surface area contributed by atoms with Gasteiger partial charge < -0.3 is 0 Å². The molecule has 0 atom stereocenters. The summed E-state index contributed by atoms with van der Waals surface area (Å²) in [6.45, 7) is 3.40. The summed E-state index contributed by atoms with van der Waals surface area (Å²) < 4.78 is 22.3. The number of hydrogen-bond donors (Lipinski definition) is 0. The lowest BCUT2D eigenvalue weighted by Gasteiger charge is -1.91. The van der Waals surface area contributed by atoms with Crippen molar-refractivity contribution < 1.29 is 8.78 Å². The zero-order chi connectivity index (χ0) is 5.70. The first kappa shape index (κ1) is 7.21. The molecule has 0 bridgehead atoms. The molecule has 0 heterocycles.